The molecule has 0 aromatic heterocycles. The van der Waals surface area contributed by atoms with Crippen LogP contribution in [0.3, 0.4) is 0 Å². The number of amidine groups is 1. The lowest BCUT2D eigenvalue weighted by Crippen LogP contribution is -2.12. The van der Waals surface area contributed by atoms with Gasteiger partial charge in [0.25, 0.3) is 5.69 Å². The predicted octanol–water partition coefficient (Wildman–Crippen LogP) is 3.12. The van der Waals surface area contributed by atoms with Crippen molar-refractivity contribution in [2.75, 3.05) is 0 Å². The van der Waals surface area contributed by atoms with Gasteiger partial charge in [0.1, 0.15) is 11.6 Å². The van der Waals surface area contributed by atoms with E-state index < -0.39 is 10.7 Å². The standard InChI is InChI=1S/C14H12FN3O3/c1-8-2-4-12(10(6-8)14(16)17)21-13-5-3-9(18(19)20)7-11(13)15/h2-7H,1H3,(H3,16,17). The zero-order valence-corrected chi connectivity index (χ0v) is 11.1. The van der Waals surface area contributed by atoms with Gasteiger partial charge in [0.05, 0.1) is 16.6 Å². The minimum absolute atomic E-state index is 0.174. The highest BCUT2D eigenvalue weighted by Gasteiger charge is 2.14. The molecule has 7 heteroatoms. The number of non-ortho nitro benzene ring substituents is 1. The van der Waals surface area contributed by atoms with Crippen LogP contribution in [0.5, 0.6) is 11.5 Å². The lowest BCUT2D eigenvalue weighted by atomic mass is 10.1. The molecule has 6 nitrogen and oxygen atoms in total. The Bertz CT molecular complexity index is 731. The topological polar surface area (TPSA) is 102 Å². The first kappa shape index (κ1) is 14.4. The SMILES string of the molecule is Cc1ccc(Oc2ccc([N+](=O)[O-])cc2F)c(C(=N)N)c1. The summed E-state index contributed by atoms with van der Waals surface area (Å²) in [7, 11) is 0. The van der Waals surface area contributed by atoms with Crippen LogP contribution in [-0.4, -0.2) is 10.8 Å². The maximum Gasteiger partial charge on any atom is 0.272 e. The average Bonchev–Trinajstić information content (AvgIpc) is 2.42. The molecule has 0 unspecified atom stereocenters. The Hall–Kier alpha value is -2.96. The average molecular weight is 289 g/mol. The van der Waals surface area contributed by atoms with Gasteiger partial charge in [-0.3, -0.25) is 15.5 Å². The first-order chi connectivity index (χ1) is 9.88. The molecule has 0 aliphatic heterocycles. The summed E-state index contributed by atoms with van der Waals surface area (Å²) in [6.07, 6.45) is 0. The van der Waals surface area contributed by atoms with Crippen molar-refractivity contribution in [3.63, 3.8) is 0 Å². The van der Waals surface area contributed by atoms with E-state index in [-0.39, 0.29) is 23.0 Å². The first-order valence-electron chi connectivity index (χ1n) is 5.95. The second-order valence-corrected chi connectivity index (χ2v) is 4.39. The summed E-state index contributed by atoms with van der Waals surface area (Å²) in [5.74, 6) is -1.04. The van der Waals surface area contributed by atoms with Crippen molar-refractivity contribution in [1.82, 2.24) is 0 Å². The number of benzene rings is 2. The van der Waals surface area contributed by atoms with Crippen molar-refractivity contribution in [2.24, 2.45) is 5.73 Å². The third kappa shape index (κ3) is 3.14. The van der Waals surface area contributed by atoms with Crippen molar-refractivity contribution in [3.8, 4) is 11.5 Å². The van der Waals surface area contributed by atoms with Crippen molar-refractivity contribution in [3.05, 3.63) is 63.5 Å². The number of hydrogen-bond acceptors (Lipinski definition) is 4. The molecule has 2 rings (SSSR count). The number of nitrogens with one attached hydrogen (secondary N) is 1. The number of aryl methyl sites for hydroxylation is 1. The van der Waals surface area contributed by atoms with Crippen LogP contribution >= 0.6 is 0 Å². The Balaban J connectivity index is 2.39. The summed E-state index contributed by atoms with van der Waals surface area (Å²) in [6.45, 7) is 1.82. The molecule has 0 aliphatic carbocycles. The quantitative estimate of drug-likeness (QED) is 0.390. The Morgan fingerprint density at radius 2 is 1.95 bits per heavy atom. The summed E-state index contributed by atoms with van der Waals surface area (Å²) in [5, 5.41) is 18.1. The molecule has 21 heavy (non-hydrogen) atoms. The second kappa shape index (κ2) is 5.58. The first-order valence-corrected chi connectivity index (χ1v) is 5.95. The van der Waals surface area contributed by atoms with Gasteiger partial charge < -0.3 is 10.5 Å². The molecule has 0 atom stereocenters. The number of hydrogen-bond donors (Lipinski definition) is 2. The molecule has 0 fully saturated rings. The van der Waals surface area contributed by atoms with Gasteiger partial charge in [0.15, 0.2) is 11.6 Å². The van der Waals surface area contributed by atoms with Gasteiger partial charge in [0, 0.05) is 6.07 Å². The lowest BCUT2D eigenvalue weighted by Gasteiger charge is -2.11. The molecule has 0 saturated carbocycles. The van der Waals surface area contributed by atoms with E-state index in [1.54, 1.807) is 18.2 Å². The molecule has 0 heterocycles. The number of nitrogens with two attached hydrogens (primary N) is 1. The van der Waals surface area contributed by atoms with Crippen LogP contribution in [0.15, 0.2) is 36.4 Å². The fourth-order valence-corrected chi connectivity index (χ4v) is 1.75. The smallest absolute Gasteiger partial charge is 0.272 e. The van der Waals surface area contributed by atoms with E-state index in [4.69, 9.17) is 15.9 Å². The molecule has 0 bridgehead atoms. The van der Waals surface area contributed by atoms with E-state index in [1.807, 2.05) is 6.92 Å². The van der Waals surface area contributed by atoms with E-state index in [9.17, 15) is 14.5 Å². The van der Waals surface area contributed by atoms with E-state index >= 15 is 0 Å². The van der Waals surface area contributed by atoms with Gasteiger partial charge in [-0.15, -0.1) is 0 Å². The van der Waals surface area contributed by atoms with Crippen molar-refractivity contribution in [1.29, 1.82) is 5.41 Å². The summed E-state index contributed by atoms with van der Waals surface area (Å²) in [4.78, 5) is 9.86. The number of nitrogen functional groups attached to an aromatic ring is 1. The Kier molecular flexibility index (Phi) is 3.84. The predicted molar refractivity (Wildman–Crippen MR) is 75.3 cm³/mol. The normalized spacial score (nSPS) is 10.2. The summed E-state index contributed by atoms with van der Waals surface area (Å²) >= 11 is 0. The van der Waals surface area contributed by atoms with Crippen molar-refractivity contribution in [2.45, 2.75) is 6.92 Å². The minimum Gasteiger partial charge on any atom is -0.454 e. The van der Waals surface area contributed by atoms with E-state index in [1.165, 1.54) is 0 Å². The zero-order chi connectivity index (χ0) is 15.6. The number of nitro benzene ring substituents is 1. The molecular formula is C14H12FN3O3. The van der Waals surface area contributed by atoms with Crippen LogP contribution in [0.25, 0.3) is 0 Å². The fraction of sp³-hybridized carbons (Fsp3) is 0.0714. The molecule has 0 radical (unpaired) electrons. The number of nitro groups is 1. The highest BCUT2D eigenvalue weighted by atomic mass is 19.1. The Morgan fingerprint density at radius 1 is 1.29 bits per heavy atom. The number of ether oxygens (including phenoxy) is 1. The second-order valence-electron chi connectivity index (χ2n) is 4.39. The highest BCUT2D eigenvalue weighted by Crippen LogP contribution is 2.30. The molecule has 2 aromatic carbocycles. The molecular weight excluding hydrogens is 277 g/mol. The summed E-state index contributed by atoms with van der Waals surface area (Å²) in [5.41, 5.74) is 6.29. The number of rotatable bonds is 4. The minimum atomic E-state index is -0.862. The number of nitrogens with zero attached hydrogens (tertiary/aromatic N) is 1. The third-order valence-corrected chi connectivity index (χ3v) is 2.77. The molecule has 3 N–H and O–H groups in total. The summed E-state index contributed by atoms with van der Waals surface area (Å²) in [6, 6.07) is 8.01. The van der Waals surface area contributed by atoms with Gasteiger partial charge in [-0.1, -0.05) is 11.6 Å². The maximum atomic E-state index is 13.8. The molecule has 0 aliphatic rings. The van der Waals surface area contributed by atoms with Crippen LogP contribution < -0.4 is 10.5 Å². The van der Waals surface area contributed by atoms with Crippen molar-refractivity contribution >= 4 is 11.5 Å². The summed E-state index contributed by atoms with van der Waals surface area (Å²) < 4.78 is 19.2. The van der Waals surface area contributed by atoms with Crippen LogP contribution in [0.2, 0.25) is 0 Å². The van der Waals surface area contributed by atoms with E-state index in [0.717, 1.165) is 23.8 Å². The lowest BCUT2D eigenvalue weighted by molar-refractivity contribution is -0.385. The van der Waals surface area contributed by atoms with Gasteiger partial charge in [0.2, 0.25) is 0 Å². The monoisotopic (exact) mass is 289 g/mol. The third-order valence-electron chi connectivity index (χ3n) is 2.77. The van der Waals surface area contributed by atoms with Gasteiger partial charge in [-0.2, -0.15) is 0 Å². The Labute approximate surface area is 119 Å². The van der Waals surface area contributed by atoms with Crippen LogP contribution in [0.4, 0.5) is 10.1 Å². The van der Waals surface area contributed by atoms with Gasteiger partial charge in [-0.05, 0) is 25.1 Å². The largest absolute Gasteiger partial charge is 0.454 e. The Morgan fingerprint density at radius 3 is 2.52 bits per heavy atom. The van der Waals surface area contributed by atoms with Gasteiger partial charge in [-0.25, -0.2) is 4.39 Å². The molecule has 0 saturated heterocycles. The van der Waals surface area contributed by atoms with Crippen LogP contribution in [-0.2, 0) is 0 Å². The van der Waals surface area contributed by atoms with Gasteiger partial charge >= 0.3 is 0 Å². The van der Waals surface area contributed by atoms with E-state index in [2.05, 4.69) is 0 Å². The van der Waals surface area contributed by atoms with E-state index in [0.29, 0.717) is 5.56 Å². The number of halogens is 1. The van der Waals surface area contributed by atoms with Crippen LogP contribution in [0.1, 0.15) is 11.1 Å². The van der Waals surface area contributed by atoms with Crippen molar-refractivity contribution < 1.29 is 14.1 Å². The maximum absolute atomic E-state index is 13.8. The zero-order valence-electron chi connectivity index (χ0n) is 11.1. The molecule has 2 aromatic rings. The highest BCUT2D eigenvalue weighted by molar-refractivity contribution is 5.97. The molecule has 108 valence electrons. The van der Waals surface area contributed by atoms with Crippen LogP contribution in [0, 0.1) is 28.3 Å². The fourth-order valence-electron chi connectivity index (χ4n) is 1.75. The molecule has 0 amide bonds. The molecule has 0 spiro atoms.